The molecule has 0 aliphatic carbocycles. The number of carbonyl (C=O) groups is 1. The van der Waals surface area contributed by atoms with Gasteiger partial charge in [0.15, 0.2) is 11.5 Å². The highest BCUT2D eigenvalue weighted by molar-refractivity contribution is 5.89. The van der Waals surface area contributed by atoms with Crippen molar-refractivity contribution in [2.24, 2.45) is 5.92 Å². The van der Waals surface area contributed by atoms with E-state index in [0.717, 1.165) is 48.0 Å². The molecule has 0 bridgehead atoms. The number of ether oxygens (including phenoxy) is 3. The van der Waals surface area contributed by atoms with Crippen molar-refractivity contribution in [1.82, 2.24) is 10.2 Å². The maximum Gasteiger partial charge on any atom is 0.322 e. The number of anilines is 1. The largest absolute Gasteiger partial charge is 0.497 e. The molecule has 148 valence electrons. The second-order valence-corrected chi connectivity index (χ2v) is 7.09. The van der Waals surface area contributed by atoms with E-state index < -0.39 is 0 Å². The monoisotopic (exact) mass is 383 g/mol. The Hall–Kier alpha value is -2.93. The molecule has 2 amide bonds. The first-order chi connectivity index (χ1) is 13.7. The van der Waals surface area contributed by atoms with Gasteiger partial charge >= 0.3 is 6.03 Å². The number of methoxy groups -OCH3 is 1. The van der Waals surface area contributed by atoms with Crippen molar-refractivity contribution in [3.8, 4) is 17.2 Å². The van der Waals surface area contributed by atoms with Crippen LogP contribution in [0.3, 0.4) is 0 Å². The maximum absolute atomic E-state index is 13.0. The number of urea groups is 1. The Kier molecular flexibility index (Phi) is 5.53. The first-order valence-corrected chi connectivity index (χ1v) is 9.50. The fourth-order valence-corrected chi connectivity index (χ4v) is 3.54. The summed E-state index contributed by atoms with van der Waals surface area (Å²) in [4.78, 5) is 14.9. The first kappa shape index (κ1) is 18.4. The zero-order valence-electron chi connectivity index (χ0n) is 15.9. The van der Waals surface area contributed by atoms with Crippen LogP contribution in [-0.4, -0.2) is 44.5 Å². The molecule has 2 heterocycles. The number of amides is 2. The van der Waals surface area contributed by atoms with Crippen LogP contribution in [0.4, 0.5) is 10.5 Å². The van der Waals surface area contributed by atoms with E-state index >= 15 is 0 Å². The zero-order chi connectivity index (χ0) is 19.3. The number of rotatable bonds is 6. The lowest BCUT2D eigenvalue weighted by Gasteiger charge is -2.26. The number of hydrogen-bond donors (Lipinski definition) is 2. The van der Waals surface area contributed by atoms with Crippen molar-refractivity contribution >= 4 is 11.7 Å². The van der Waals surface area contributed by atoms with E-state index in [4.69, 9.17) is 14.2 Å². The van der Waals surface area contributed by atoms with E-state index in [0.29, 0.717) is 19.0 Å². The average molecular weight is 383 g/mol. The van der Waals surface area contributed by atoms with Gasteiger partial charge in [-0.05, 0) is 67.4 Å². The molecule has 0 aromatic heterocycles. The summed E-state index contributed by atoms with van der Waals surface area (Å²) < 4.78 is 16.0. The predicted molar refractivity (Wildman–Crippen MR) is 106 cm³/mol. The van der Waals surface area contributed by atoms with E-state index in [1.807, 2.05) is 47.4 Å². The summed E-state index contributed by atoms with van der Waals surface area (Å²) >= 11 is 0. The lowest BCUT2D eigenvalue weighted by Crippen LogP contribution is -2.38. The molecule has 0 spiro atoms. The molecule has 7 nitrogen and oxygen atoms in total. The molecule has 2 aliphatic rings. The van der Waals surface area contributed by atoms with Crippen LogP contribution in [0.15, 0.2) is 42.5 Å². The Balaban J connectivity index is 1.47. The molecule has 2 N–H and O–H groups in total. The topological polar surface area (TPSA) is 72.1 Å². The van der Waals surface area contributed by atoms with Crippen LogP contribution in [0.2, 0.25) is 0 Å². The minimum Gasteiger partial charge on any atom is -0.497 e. The van der Waals surface area contributed by atoms with Gasteiger partial charge in [-0.15, -0.1) is 0 Å². The summed E-state index contributed by atoms with van der Waals surface area (Å²) in [5.41, 5.74) is 1.76. The second kappa shape index (κ2) is 8.39. The molecule has 2 aromatic carbocycles. The quantitative estimate of drug-likeness (QED) is 0.802. The van der Waals surface area contributed by atoms with Crippen molar-refractivity contribution in [3.63, 3.8) is 0 Å². The minimum absolute atomic E-state index is 0.116. The molecule has 1 unspecified atom stereocenters. The molecule has 1 atom stereocenters. The van der Waals surface area contributed by atoms with Gasteiger partial charge in [0.25, 0.3) is 0 Å². The number of carbonyl (C=O) groups excluding carboxylic acids is 1. The Morgan fingerprint density at radius 2 is 2.04 bits per heavy atom. The van der Waals surface area contributed by atoms with Crippen LogP contribution in [0.5, 0.6) is 17.2 Å². The number of nitrogens with zero attached hydrogens (tertiary/aromatic N) is 1. The fraction of sp³-hybridized carbons (Fsp3) is 0.381. The van der Waals surface area contributed by atoms with Crippen LogP contribution in [0.25, 0.3) is 0 Å². The van der Waals surface area contributed by atoms with Crippen molar-refractivity contribution in [2.45, 2.75) is 13.0 Å². The van der Waals surface area contributed by atoms with Gasteiger partial charge in [0.05, 0.1) is 7.11 Å². The van der Waals surface area contributed by atoms with Crippen molar-refractivity contribution in [3.05, 3.63) is 48.0 Å². The number of benzene rings is 2. The molecular weight excluding hydrogens is 358 g/mol. The summed E-state index contributed by atoms with van der Waals surface area (Å²) in [6.45, 7) is 3.39. The molecular formula is C21H25N3O4. The molecule has 1 saturated heterocycles. The Morgan fingerprint density at radius 3 is 2.79 bits per heavy atom. The predicted octanol–water partition coefficient (Wildman–Crippen LogP) is 3.07. The molecule has 7 heteroatoms. The zero-order valence-corrected chi connectivity index (χ0v) is 15.9. The van der Waals surface area contributed by atoms with Crippen LogP contribution >= 0.6 is 0 Å². The highest BCUT2D eigenvalue weighted by Gasteiger charge is 2.23. The van der Waals surface area contributed by atoms with E-state index in [1.54, 1.807) is 7.11 Å². The molecule has 2 aliphatic heterocycles. The fourth-order valence-electron chi connectivity index (χ4n) is 3.54. The highest BCUT2D eigenvalue weighted by Crippen LogP contribution is 2.33. The lowest BCUT2D eigenvalue weighted by atomic mass is 10.1. The van der Waals surface area contributed by atoms with E-state index in [9.17, 15) is 4.79 Å². The average Bonchev–Trinajstić information content (AvgIpc) is 3.39. The van der Waals surface area contributed by atoms with Gasteiger partial charge < -0.3 is 29.7 Å². The van der Waals surface area contributed by atoms with Crippen LogP contribution < -0.4 is 24.8 Å². The standard InChI is InChI=1S/C21H25N3O4/c1-26-18-5-3-17(4-6-18)23-21(25)24(13-16-8-9-22-11-16)12-15-2-7-19-20(10-15)28-14-27-19/h2-7,10,16,22H,8-9,11-14H2,1H3,(H,23,25). The SMILES string of the molecule is COc1ccc(NC(=O)N(Cc2ccc3c(c2)OCO3)CC2CCNC2)cc1. The minimum atomic E-state index is -0.116. The highest BCUT2D eigenvalue weighted by atomic mass is 16.7. The van der Waals surface area contributed by atoms with Crippen molar-refractivity contribution in [2.75, 3.05) is 38.9 Å². The summed E-state index contributed by atoms with van der Waals surface area (Å²) in [7, 11) is 1.62. The Bertz CT molecular complexity index is 819. The summed E-state index contributed by atoms with van der Waals surface area (Å²) in [5, 5.41) is 6.36. The molecule has 1 fully saturated rings. The third-order valence-corrected chi connectivity index (χ3v) is 5.08. The lowest BCUT2D eigenvalue weighted by molar-refractivity contribution is 0.173. The Morgan fingerprint density at radius 1 is 1.21 bits per heavy atom. The first-order valence-electron chi connectivity index (χ1n) is 9.50. The molecule has 0 radical (unpaired) electrons. The van der Waals surface area contributed by atoms with Crippen molar-refractivity contribution in [1.29, 1.82) is 0 Å². The second-order valence-electron chi connectivity index (χ2n) is 7.09. The summed E-state index contributed by atoms with van der Waals surface area (Å²) in [6.07, 6.45) is 1.08. The maximum atomic E-state index is 13.0. The Labute approximate surface area is 164 Å². The molecule has 2 aromatic rings. The van der Waals surface area contributed by atoms with E-state index in [-0.39, 0.29) is 12.8 Å². The van der Waals surface area contributed by atoms with E-state index in [1.165, 1.54) is 0 Å². The molecule has 4 rings (SSSR count). The normalized spacial score (nSPS) is 17.4. The van der Waals surface area contributed by atoms with Crippen LogP contribution in [0, 0.1) is 5.92 Å². The third-order valence-electron chi connectivity index (χ3n) is 5.08. The smallest absolute Gasteiger partial charge is 0.322 e. The van der Waals surface area contributed by atoms with Gasteiger partial charge in [0.1, 0.15) is 5.75 Å². The van der Waals surface area contributed by atoms with Crippen LogP contribution in [0.1, 0.15) is 12.0 Å². The van der Waals surface area contributed by atoms with Gasteiger partial charge in [-0.25, -0.2) is 4.79 Å². The van der Waals surface area contributed by atoms with Gasteiger partial charge in [-0.2, -0.15) is 0 Å². The third kappa shape index (κ3) is 4.31. The van der Waals surface area contributed by atoms with Gasteiger partial charge in [0, 0.05) is 18.8 Å². The summed E-state index contributed by atoms with van der Waals surface area (Å²) in [6, 6.07) is 13.1. The van der Waals surface area contributed by atoms with Gasteiger partial charge in [-0.1, -0.05) is 6.07 Å². The van der Waals surface area contributed by atoms with Crippen LogP contribution in [-0.2, 0) is 6.54 Å². The summed E-state index contributed by atoms with van der Waals surface area (Å²) in [5.74, 6) is 2.69. The van der Waals surface area contributed by atoms with E-state index in [2.05, 4.69) is 10.6 Å². The number of hydrogen-bond acceptors (Lipinski definition) is 5. The van der Waals surface area contributed by atoms with Crippen molar-refractivity contribution < 1.29 is 19.0 Å². The van der Waals surface area contributed by atoms with Gasteiger partial charge in [0.2, 0.25) is 6.79 Å². The number of nitrogens with one attached hydrogen (secondary N) is 2. The number of fused-ring (bicyclic) bond motifs is 1. The van der Waals surface area contributed by atoms with Gasteiger partial charge in [-0.3, -0.25) is 0 Å². The molecule has 28 heavy (non-hydrogen) atoms. The molecule has 0 saturated carbocycles.